The van der Waals surface area contributed by atoms with Crippen molar-refractivity contribution in [2.75, 3.05) is 25.6 Å². The van der Waals surface area contributed by atoms with Gasteiger partial charge in [0.25, 0.3) is 5.91 Å². The van der Waals surface area contributed by atoms with Crippen LogP contribution < -0.4 is 15.8 Å². The number of pyridine rings is 1. The maximum Gasteiger partial charge on any atom is 0.251 e. The molecule has 2 aromatic heterocycles. The van der Waals surface area contributed by atoms with Gasteiger partial charge in [-0.25, -0.2) is 9.97 Å². The summed E-state index contributed by atoms with van der Waals surface area (Å²) in [7, 11) is 0. The number of nitrogens with one attached hydrogen (secondary N) is 1. The first-order chi connectivity index (χ1) is 14.1. The van der Waals surface area contributed by atoms with E-state index in [4.69, 9.17) is 15.2 Å². The third kappa shape index (κ3) is 4.60. The Morgan fingerprint density at radius 1 is 1.10 bits per heavy atom. The van der Waals surface area contributed by atoms with Crippen LogP contribution in [-0.2, 0) is 4.74 Å². The van der Waals surface area contributed by atoms with E-state index in [1.807, 2.05) is 31.2 Å². The minimum Gasteiger partial charge on any atom is -0.474 e. The SMILES string of the molecule is CCOCCOc1nc(N)nc2ccc(-c3ccc(C(=O)NC4CC4)cc3)nc12. The predicted octanol–water partition coefficient (Wildman–Crippen LogP) is 2.58. The van der Waals surface area contributed by atoms with Crippen molar-refractivity contribution in [1.29, 1.82) is 0 Å². The number of fused-ring (bicyclic) bond motifs is 1. The number of aromatic nitrogens is 3. The van der Waals surface area contributed by atoms with Crippen molar-refractivity contribution in [3.05, 3.63) is 42.0 Å². The van der Waals surface area contributed by atoms with Crippen LogP contribution in [0.3, 0.4) is 0 Å². The molecular formula is C21H23N5O3. The molecule has 0 saturated heterocycles. The van der Waals surface area contributed by atoms with Gasteiger partial charge in [-0.2, -0.15) is 4.98 Å². The van der Waals surface area contributed by atoms with Crippen LogP contribution in [0.2, 0.25) is 0 Å². The molecule has 1 aromatic carbocycles. The van der Waals surface area contributed by atoms with E-state index >= 15 is 0 Å². The Balaban J connectivity index is 1.58. The van der Waals surface area contributed by atoms with Gasteiger partial charge in [-0.1, -0.05) is 12.1 Å². The van der Waals surface area contributed by atoms with Crippen molar-refractivity contribution in [3.63, 3.8) is 0 Å². The number of carbonyl (C=O) groups excluding carboxylic acids is 1. The molecular weight excluding hydrogens is 370 g/mol. The zero-order valence-electron chi connectivity index (χ0n) is 16.2. The van der Waals surface area contributed by atoms with Crippen molar-refractivity contribution < 1.29 is 14.3 Å². The summed E-state index contributed by atoms with van der Waals surface area (Å²) in [5.74, 6) is 0.415. The Morgan fingerprint density at radius 3 is 2.62 bits per heavy atom. The Hall–Kier alpha value is -3.26. The summed E-state index contributed by atoms with van der Waals surface area (Å²) in [4.78, 5) is 25.2. The molecule has 1 fully saturated rings. The van der Waals surface area contributed by atoms with Gasteiger partial charge in [0, 0.05) is 23.8 Å². The summed E-state index contributed by atoms with van der Waals surface area (Å²) in [6.07, 6.45) is 2.12. The van der Waals surface area contributed by atoms with Gasteiger partial charge in [0.1, 0.15) is 6.61 Å². The van der Waals surface area contributed by atoms with Crippen molar-refractivity contribution in [2.24, 2.45) is 0 Å². The number of carbonyl (C=O) groups is 1. The van der Waals surface area contributed by atoms with Gasteiger partial charge >= 0.3 is 0 Å². The van der Waals surface area contributed by atoms with E-state index in [0.29, 0.717) is 48.3 Å². The fourth-order valence-corrected chi connectivity index (χ4v) is 2.90. The lowest BCUT2D eigenvalue weighted by Crippen LogP contribution is -2.25. The number of nitrogens with two attached hydrogens (primary N) is 1. The zero-order valence-corrected chi connectivity index (χ0v) is 16.2. The summed E-state index contributed by atoms with van der Waals surface area (Å²) < 4.78 is 11.0. The van der Waals surface area contributed by atoms with Crippen LogP contribution in [-0.4, -0.2) is 46.7 Å². The van der Waals surface area contributed by atoms with E-state index < -0.39 is 0 Å². The van der Waals surface area contributed by atoms with Crippen LogP contribution in [0.4, 0.5) is 5.95 Å². The second-order valence-corrected chi connectivity index (χ2v) is 6.82. The molecule has 1 aliphatic carbocycles. The van der Waals surface area contributed by atoms with E-state index in [9.17, 15) is 4.79 Å². The zero-order chi connectivity index (χ0) is 20.2. The molecule has 1 saturated carbocycles. The molecule has 0 atom stereocenters. The molecule has 1 aliphatic rings. The first-order valence-corrected chi connectivity index (χ1v) is 9.70. The molecule has 0 bridgehead atoms. The first kappa shape index (κ1) is 19.1. The smallest absolute Gasteiger partial charge is 0.251 e. The summed E-state index contributed by atoms with van der Waals surface area (Å²) in [6.45, 7) is 3.34. The summed E-state index contributed by atoms with van der Waals surface area (Å²) in [5, 5.41) is 2.99. The topological polar surface area (TPSA) is 112 Å². The van der Waals surface area contributed by atoms with Gasteiger partial charge in [-0.3, -0.25) is 4.79 Å². The number of rotatable bonds is 8. The fourth-order valence-electron chi connectivity index (χ4n) is 2.90. The van der Waals surface area contributed by atoms with E-state index in [0.717, 1.165) is 24.1 Å². The van der Waals surface area contributed by atoms with Crippen LogP contribution in [0.1, 0.15) is 30.1 Å². The highest BCUT2D eigenvalue weighted by molar-refractivity contribution is 5.95. The maximum atomic E-state index is 12.2. The summed E-state index contributed by atoms with van der Waals surface area (Å²) in [5.41, 5.74) is 9.17. The summed E-state index contributed by atoms with van der Waals surface area (Å²) >= 11 is 0. The van der Waals surface area contributed by atoms with Gasteiger partial charge in [0.05, 0.1) is 17.8 Å². The molecule has 8 nitrogen and oxygen atoms in total. The third-order valence-electron chi connectivity index (χ3n) is 4.55. The second kappa shape index (κ2) is 8.40. The van der Waals surface area contributed by atoms with E-state index in [1.54, 1.807) is 12.1 Å². The minimum absolute atomic E-state index is 0.0422. The van der Waals surface area contributed by atoms with E-state index in [2.05, 4.69) is 20.3 Å². The Kier molecular flexibility index (Phi) is 5.53. The minimum atomic E-state index is -0.0422. The first-order valence-electron chi connectivity index (χ1n) is 9.70. The van der Waals surface area contributed by atoms with E-state index in [1.165, 1.54) is 0 Å². The number of amides is 1. The second-order valence-electron chi connectivity index (χ2n) is 6.82. The molecule has 3 aromatic rings. The highest BCUT2D eigenvalue weighted by Crippen LogP contribution is 2.26. The molecule has 0 unspecified atom stereocenters. The Morgan fingerprint density at radius 2 is 1.90 bits per heavy atom. The van der Waals surface area contributed by atoms with Crippen LogP contribution >= 0.6 is 0 Å². The molecule has 0 spiro atoms. The number of ether oxygens (including phenoxy) is 2. The molecule has 0 aliphatic heterocycles. The maximum absolute atomic E-state index is 12.2. The van der Waals surface area contributed by atoms with Gasteiger partial charge < -0.3 is 20.5 Å². The van der Waals surface area contributed by atoms with Gasteiger partial charge in [0.2, 0.25) is 11.8 Å². The average Bonchev–Trinajstić information content (AvgIpc) is 3.55. The highest BCUT2D eigenvalue weighted by Gasteiger charge is 2.23. The standard InChI is InChI=1S/C21H23N5O3/c1-2-28-11-12-29-20-18-17(25-21(22)26-20)10-9-16(24-18)13-3-5-14(6-4-13)19(27)23-15-7-8-15/h3-6,9-10,15H,2,7-8,11-12H2,1H3,(H,23,27)(H2,22,25,26). The van der Waals surface area contributed by atoms with Crippen LogP contribution in [0.5, 0.6) is 5.88 Å². The molecule has 1 amide bonds. The number of nitrogens with zero attached hydrogens (tertiary/aromatic N) is 3. The normalized spacial score (nSPS) is 13.4. The Labute approximate surface area is 168 Å². The van der Waals surface area contributed by atoms with Crippen LogP contribution in [0, 0.1) is 0 Å². The average molecular weight is 393 g/mol. The lowest BCUT2D eigenvalue weighted by atomic mass is 10.1. The van der Waals surface area contributed by atoms with E-state index in [-0.39, 0.29) is 11.9 Å². The van der Waals surface area contributed by atoms with Crippen LogP contribution in [0.25, 0.3) is 22.3 Å². The number of nitrogen functional groups attached to an aromatic ring is 1. The number of hydrogen-bond acceptors (Lipinski definition) is 7. The molecule has 2 heterocycles. The molecule has 4 rings (SSSR count). The number of benzene rings is 1. The lowest BCUT2D eigenvalue weighted by Gasteiger charge is -2.10. The molecule has 29 heavy (non-hydrogen) atoms. The van der Waals surface area contributed by atoms with Crippen LogP contribution in [0.15, 0.2) is 36.4 Å². The lowest BCUT2D eigenvalue weighted by molar-refractivity contribution is 0.0951. The monoisotopic (exact) mass is 393 g/mol. The highest BCUT2D eigenvalue weighted by atomic mass is 16.5. The van der Waals surface area contributed by atoms with Crippen molar-refractivity contribution in [2.45, 2.75) is 25.8 Å². The fraction of sp³-hybridized carbons (Fsp3) is 0.333. The Bertz CT molecular complexity index is 1020. The van der Waals surface area contributed by atoms with Crippen molar-refractivity contribution in [3.8, 4) is 17.1 Å². The van der Waals surface area contributed by atoms with Crippen molar-refractivity contribution in [1.82, 2.24) is 20.3 Å². The third-order valence-corrected chi connectivity index (χ3v) is 4.55. The van der Waals surface area contributed by atoms with Gasteiger partial charge in [-0.05, 0) is 44.0 Å². The molecule has 8 heteroatoms. The largest absolute Gasteiger partial charge is 0.474 e. The quantitative estimate of drug-likeness (QED) is 0.566. The summed E-state index contributed by atoms with van der Waals surface area (Å²) in [6, 6.07) is 11.4. The predicted molar refractivity (Wildman–Crippen MR) is 110 cm³/mol. The molecule has 150 valence electrons. The van der Waals surface area contributed by atoms with Gasteiger partial charge in [-0.15, -0.1) is 0 Å². The number of hydrogen-bond donors (Lipinski definition) is 2. The van der Waals surface area contributed by atoms with Crippen molar-refractivity contribution >= 4 is 22.9 Å². The van der Waals surface area contributed by atoms with Gasteiger partial charge in [0.15, 0.2) is 5.52 Å². The number of anilines is 1. The molecule has 0 radical (unpaired) electrons. The molecule has 3 N–H and O–H groups in total.